The zero-order chi connectivity index (χ0) is 21.8. The van der Waals surface area contributed by atoms with E-state index in [0.717, 1.165) is 12.5 Å². The van der Waals surface area contributed by atoms with E-state index in [1.165, 1.54) is 24.3 Å². The van der Waals surface area contributed by atoms with Crippen LogP contribution in [0, 0.1) is 0 Å². The van der Waals surface area contributed by atoms with Gasteiger partial charge in [0.2, 0.25) is 5.91 Å². The van der Waals surface area contributed by atoms with Gasteiger partial charge < -0.3 is 5.32 Å². The maximum Gasteiger partial charge on any atom is 0.264 e. The number of sulfonamides is 1. The molecule has 0 aliphatic heterocycles. The van der Waals surface area contributed by atoms with Crippen molar-refractivity contribution in [2.24, 2.45) is 0 Å². The number of carbonyl (C=O) groups excluding carboxylic acids is 2. The van der Waals surface area contributed by atoms with Crippen molar-refractivity contribution >= 4 is 44.9 Å². The van der Waals surface area contributed by atoms with E-state index in [0.29, 0.717) is 11.3 Å². The quantitative estimate of drug-likeness (QED) is 0.641. The molecule has 2 amide bonds. The van der Waals surface area contributed by atoms with Crippen LogP contribution in [0.3, 0.4) is 0 Å². The summed E-state index contributed by atoms with van der Waals surface area (Å²) in [6, 6.07) is 12.9. The summed E-state index contributed by atoms with van der Waals surface area (Å²) in [7, 11) is -3.90. The van der Waals surface area contributed by atoms with Crippen LogP contribution in [0.2, 0.25) is 0 Å². The zero-order valence-corrected chi connectivity index (χ0v) is 18.2. The van der Waals surface area contributed by atoms with Crippen molar-refractivity contribution in [2.45, 2.75) is 38.0 Å². The maximum atomic E-state index is 12.3. The molecule has 0 aliphatic rings. The number of hydrogen-bond acceptors (Lipinski definition) is 5. The Hall–Kier alpha value is -2.78. The Labute approximate surface area is 176 Å². The van der Waals surface area contributed by atoms with Crippen LogP contribution in [-0.4, -0.2) is 25.3 Å². The monoisotopic (exact) mass is 433 g/mol. The fourth-order valence-electron chi connectivity index (χ4n) is 2.42. The van der Waals surface area contributed by atoms with Gasteiger partial charge in [0.25, 0.3) is 15.9 Å². The molecule has 0 unspecified atom stereocenters. The van der Waals surface area contributed by atoms with Crippen LogP contribution in [0.1, 0.15) is 43.6 Å². The molecule has 0 aliphatic carbocycles. The van der Waals surface area contributed by atoms with Gasteiger partial charge in [-0.15, -0.1) is 0 Å². The number of benzene rings is 2. The summed E-state index contributed by atoms with van der Waals surface area (Å²) in [6.07, 6.45) is 0. The van der Waals surface area contributed by atoms with Crippen molar-refractivity contribution in [1.29, 1.82) is 0 Å². The number of hydrogen-bond donors (Lipinski definition) is 3. The lowest BCUT2D eigenvalue weighted by molar-refractivity contribution is -0.117. The van der Waals surface area contributed by atoms with Crippen molar-refractivity contribution in [3.8, 4) is 0 Å². The van der Waals surface area contributed by atoms with Crippen molar-refractivity contribution in [3.63, 3.8) is 0 Å². The summed E-state index contributed by atoms with van der Waals surface area (Å²) in [4.78, 5) is 23.2. The summed E-state index contributed by atoms with van der Waals surface area (Å²) in [6.45, 7) is 7.39. The highest BCUT2D eigenvalue weighted by Crippen LogP contribution is 2.22. The average molecular weight is 434 g/mol. The van der Waals surface area contributed by atoms with Gasteiger partial charge in [0.1, 0.15) is 0 Å². The minimum absolute atomic E-state index is 0.00849. The van der Waals surface area contributed by atoms with Crippen molar-refractivity contribution in [2.75, 3.05) is 5.32 Å². The SMILES string of the molecule is CC(=O)NS(=O)(=O)c1ccc(NC(=S)NC(=O)c2ccc(C(C)(C)C)cc2)cc1. The minimum Gasteiger partial charge on any atom is -0.332 e. The predicted octanol–water partition coefficient (Wildman–Crippen LogP) is 2.94. The van der Waals surface area contributed by atoms with E-state index >= 15 is 0 Å². The molecule has 0 bridgehead atoms. The molecule has 0 atom stereocenters. The van der Waals surface area contributed by atoms with Gasteiger partial charge in [-0.2, -0.15) is 0 Å². The molecule has 0 spiro atoms. The van der Waals surface area contributed by atoms with E-state index in [-0.39, 0.29) is 21.3 Å². The zero-order valence-electron chi connectivity index (χ0n) is 16.6. The third-order valence-electron chi connectivity index (χ3n) is 3.94. The first-order valence-corrected chi connectivity index (χ1v) is 10.6. The van der Waals surface area contributed by atoms with Gasteiger partial charge in [-0.05, 0) is 59.6 Å². The second-order valence-electron chi connectivity index (χ2n) is 7.42. The lowest BCUT2D eigenvalue weighted by Crippen LogP contribution is -2.34. The third kappa shape index (κ3) is 6.37. The molecule has 2 aromatic rings. The third-order valence-corrected chi connectivity index (χ3v) is 5.59. The van der Waals surface area contributed by atoms with E-state index in [4.69, 9.17) is 12.2 Å². The van der Waals surface area contributed by atoms with Crippen LogP contribution >= 0.6 is 12.2 Å². The van der Waals surface area contributed by atoms with Gasteiger partial charge in [0, 0.05) is 18.2 Å². The van der Waals surface area contributed by atoms with E-state index in [1.54, 1.807) is 12.1 Å². The predicted molar refractivity (Wildman–Crippen MR) is 116 cm³/mol. The number of rotatable bonds is 4. The standard InChI is InChI=1S/C20H23N3O4S2/c1-13(24)23-29(26,27)17-11-9-16(10-12-17)21-19(28)22-18(25)14-5-7-15(8-6-14)20(2,3)4/h5-12H,1-4H3,(H,23,24)(H2,21,22,25,28). The average Bonchev–Trinajstić information content (AvgIpc) is 2.60. The number of nitrogens with one attached hydrogen (secondary N) is 3. The highest BCUT2D eigenvalue weighted by molar-refractivity contribution is 7.90. The lowest BCUT2D eigenvalue weighted by Gasteiger charge is -2.19. The molecule has 154 valence electrons. The molecule has 0 saturated carbocycles. The Morgan fingerprint density at radius 1 is 0.931 bits per heavy atom. The molecule has 0 saturated heterocycles. The summed E-state index contributed by atoms with van der Waals surface area (Å²) in [5.41, 5.74) is 2.06. The largest absolute Gasteiger partial charge is 0.332 e. The van der Waals surface area contributed by atoms with Crippen LogP contribution in [0.15, 0.2) is 53.4 Å². The summed E-state index contributed by atoms with van der Waals surface area (Å²) >= 11 is 5.14. The number of carbonyl (C=O) groups is 2. The van der Waals surface area contributed by atoms with Crippen molar-refractivity contribution in [1.82, 2.24) is 10.0 Å². The molecule has 0 fully saturated rings. The second kappa shape index (κ2) is 8.71. The molecule has 2 aromatic carbocycles. The van der Waals surface area contributed by atoms with Crippen LogP contribution in [0.25, 0.3) is 0 Å². The van der Waals surface area contributed by atoms with Gasteiger partial charge in [-0.1, -0.05) is 32.9 Å². The maximum absolute atomic E-state index is 12.3. The smallest absolute Gasteiger partial charge is 0.264 e. The Morgan fingerprint density at radius 2 is 1.48 bits per heavy atom. The lowest BCUT2D eigenvalue weighted by atomic mass is 9.87. The first kappa shape index (κ1) is 22.5. The molecular formula is C20H23N3O4S2. The van der Waals surface area contributed by atoms with E-state index in [2.05, 4.69) is 31.4 Å². The summed E-state index contributed by atoms with van der Waals surface area (Å²) in [5.74, 6) is -1.03. The number of thiocarbonyl (C=S) groups is 1. The van der Waals surface area contributed by atoms with Crippen LogP contribution in [0.4, 0.5) is 5.69 Å². The Morgan fingerprint density at radius 3 is 1.97 bits per heavy atom. The minimum atomic E-state index is -3.90. The molecule has 9 heteroatoms. The second-order valence-corrected chi connectivity index (χ2v) is 9.51. The first-order valence-electron chi connectivity index (χ1n) is 8.75. The van der Waals surface area contributed by atoms with Gasteiger partial charge >= 0.3 is 0 Å². The highest BCUT2D eigenvalue weighted by Gasteiger charge is 2.16. The molecule has 0 heterocycles. The highest BCUT2D eigenvalue weighted by atomic mass is 32.2. The fraction of sp³-hybridized carbons (Fsp3) is 0.250. The number of amides is 2. The summed E-state index contributed by atoms with van der Waals surface area (Å²) in [5, 5.41) is 5.47. The van der Waals surface area contributed by atoms with Gasteiger partial charge in [0.15, 0.2) is 5.11 Å². The Kier molecular flexibility index (Phi) is 6.76. The fourth-order valence-corrected chi connectivity index (χ4v) is 3.63. The number of anilines is 1. The van der Waals surface area contributed by atoms with E-state index < -0.39 is 15.9 Å². The topological polar surface area (TPSA) is 104 Å². The molecule has 29 heavy (non-hydrogen) atoms. The molecule has 2 rings (SSSR count). The van der Waals surface area contributed by atoms with E-state index in [1.807, 2.05) is 16.9 Å². The molecule has 0 aromatic heterocycles. The first-order chi connectivity index (χ1) is 13.4. The van der Waals surface area contributed by atoms with Crippen LogP contribution in [-0.2, 0) is 20.2 Å². The summed E-state index contributed by atoms with van der Waals surface area (Å²) < 4.78 is 25.7. The molecular weight excluding hydrogens is 410 g/mol. The molecule has 0 radical (unpaired) electrons. The Bertz CT molecular complexity index is 1020. The van der Waals surface area contributed by atoms with Gasteiger partial charge in [-0.25, -0.2) is 13.1 Å². The van der Waals surface area contributed by atoms with Crippen LogP contribution in [0.5, 0.6) is 0 Å². The van der Waals surface area contributed by atoms with Gasteiger partial charge in [0.05, 0.1) is 4.90 Å². The van der Waals surface area contributed by atoms with Gasteiger partial charge in [-0.3, -0.25) is 14.9 Å². The Balaban J connectivity index is 2.00. The van der Waals surface area contributed by atoms with Crippen molar-refractivity contribution in [3.05, 3.63) is 59.7 Å². The normalized spacial score (nSPS) is 11.4. The molecule has 3 N–H and O–H groups in total. The van der Waals surface area contributed by atoms with Crippen LogP contribution < -0.4 is 15.4 Å². The van der Waals surface area contributed by atoms with Crippen molar-refractivity contribution < 1.29 is 18.0 Å². The van der Waals surface area contributed by atoms with E-state index in [9.17, 15) is 18.0 Å². The molecule has 7 nitrogen and oxygen atoms in total.